The lowest BCUT2D eigenvalue weighted by Crippen LogP contribution is -2.42. The molecule has 1 atom stereocenters. The first kappa shape index (κ1) is 16.7. The number of ether oxygens (including phenoxy) is 1. The monoisotopic (exact) mass is 324 g/mol. The average Bonchev–Trinajstić information content (AvgIpc) is 2.97. The molecule has 1 aromatic rings. The molecular weight excluding hydrogens is 298 g/mol. The molecule has 2 fully saturated rings. The molecule has 0 saturated carbocycles. The quantitative estimate of drug-likeness (QED) is 0.793. The Kier molecular flexibility index (Phi) is 5.84. The number of piperidine rings is 1. The number of hydrogen-bond donors (Lipinski definition) is 0. The average molecular weight is 324 g/mol. The van der Waals surface area contributed by atoms with E-state index in [2.05, 4.69) is 14.5 Å². The Morgan fingerprint density at radius 2 is 1.74 bits per heavy atom. The van der Waals surface area contributed by atoms with Crippen molar-refractivity contribution in [3.8, 4) is 5.75 Å². The molecule has 0 spiro atoms. The predicted molar refractivity (Wildman–Crippen MR) is 86.8 cm³/mol. The van der Waals surface area contributed by atoms with Crippen molar-refractivity contribution in [3.05, 3.63) is 29.8 Å². The second kappa shape index (κ2) is 8.06. The van der Waals surface area contributed by atoms with Crippen molar-refractivity contribution in [1.29, 1.82) is 0 Å². The van der Waals surface area contributed by atoms with Gasteiger partial charge in [-0.2, -0.15) is 8.78 Å². The summed E-state index contributed by atoms with van der Waals surface area (Å²) in [4.78, 5) is 5.14. The van der Waals surface area contributed by atoms with Gasteiger partial charge in [-0.25, -0.2) is 0 Å². The summed E-state index contributed by atoms with van der Waals surface area (Å²) in [7, 11) is 0. The highest BCUT2D eigenvalue weighted by atomic mass is 19.3. The molecule has 2 aliphatic heterocycles. The Balaban J connectivity index is 1.53. The maximum Gasteiger partial charge on any atom is 0.387 e. The largest absolute Gasteiger partial charge is 0.435 e. The van der Waals surface area contributed by atoms with Crippen molar-refractivity contribution < 1.29 is 13.5 Å². The molecule has 2 heterocycles. The summed E-state index contributed by atoms with van der Waals surface area (Å²) in [6.07, 6.45) is 6.56. The highest BCUT2D eigenvalue weighted by Crippen LogP contribution is 2.23. The van der Waals surface area contributed by atoms with E-state index in [4.69, 9.17) is 0 Å². The molecular formula is C18H26F2N2O. The van der Waals surface area contributed by atoms with Crippen LogP contribution in [0.4, 0.5) is 8.78 Å². The molecule has 0 N–H and O–H groups in total. The first-order valence-corrected chi connectivity index (χ1v) is 8.71. The van der Waals surface area contributed by atoms with Crippen LogP contribution in [0.5, 0.6) is 5.75 Å². The van der Waals surface area contributed by atoms with Crippen molar-refractivity contribution in [2.75, 3.05) is 26.2 Å². The smallest absolute Gasteiger partial charge is 0.387 e. The van der Waals surface area contributed by atoms with E-state index >= 15 is 0 Å². The summed E-state index contributed by atoms with van der Waals surface area (Å²) in [5.41, 5.74) is 1.16. The third-order valence-corrected chi connectivity index (χ3v) is 4.95. The lowest BCUT2D eigenvalue weighted by molar-refractivity contribution is -0.0498. The maximum absolute atomic E-state index is 12.2. The molecule has 0 radical (unpaired) electrons. The van der Waals surface area contributed by atoms with Gasteiger partial charge in [0.2, 0.25) is 0 Å². The van der Waals surface area contributed by atoms with Crippen LogP contribution in [0.3, 0.4) is 0 Å². The summed E-state index contributed by atoms with van der Waals surface area (Å²) in [6.45, 7) is 2.93. The Morgan fingerprint density at radius 3 is 2.43 bits per heavy atom. The van der Waals surface area contributed by atoms with Gasteiger partial charge in [-0.1, -0.05) is 18.6 Å². The standard InChI is InChI=1S/C18H26F2N2O/c19-18(20)23-17-8-6-15(7-9-17)13-22-12-4-5-16(22)14-21-10-2-1-3-11-21/h6-9,16,18H,1-5,10-14H2. The molecule has 3 nitrogen and oxygen atoms in total. The predicted octanol–water partition coefficient (Wildman–Crippen LogP) is 3.74. The lowest BCUT2D eigenvalue weighted by Gasteiger charge is -2.33. The molecule has 0 amide bonds. The number of benzene rings is 1. The number of alkyl halides is 2. The van der Waals surface area contributed by atoms with E-state index in [1.54, 1.807) is 12.1 Å². The molecule has 0 bridgehead atoms. The van der Waals surface area contributed by atoms with Gasteiger partial charge in [0.15, 0.2) is 0 Å². The number of hydrogen-bond acceptors (Lipinski definition) is 3. The number of rotatable bonds is 6. The van der Waals surface area contributed by atoms with E-state index in [-0.39, 0.29) is 5.75 Å². The van der Waals surface area contributed by atoms with E-state index in [0.29, 0.717) is 6.04 Å². The van der Waals surface area contributed by atoms with Crippen LogP contribution in [0, 0.1) is 0 Å². The fourth-order valence-electron chi connectivity index (χ4n) is 3.76. The summed E-state index contributed by atoms with van der Waals surface area (Å²) in [5.74, 6) is 0.232. The topological polar surface area (TPSA) is 15.7 Å². The minimum atomic E-state index is -2.76. The third kappa shape index (κ3) is 4.88. The summed E-state index contributed by atoms with van der Waals surface area (Å²) >= 11 is 0. The van der Waals surface area contributed by atoms with E-state index in [9.17, 15) is 8.78 Å². The maximum atomic E-state index is 12.2. The zero-order valence-electron chi connectivity index (χ0n) is 13.6. The fraction of sp³-hybridized carbons (Fsp3) is 0.667. The van der Waals surface area contributed by atoms with Gasteiger partial charge in [0.05, 0.1) is 0 Å². The van der Waals surface area contributed by atoms with Crippen LogP contribution >= 0.6 is 0 Å². The van der Waals surface area contributed by atoms with Crippen molar-refractivity contribution in [2.45, 2.75) is 51.3 Å². The van der Waals surface area contributed by atoms with Gasteiger partial charge < -0.3 is 9.64 Å². The van der Waals surface area contributed by atoms with Gasteiger partial charge >= 0.3 is 6.61 Å². The highest BCUT2D eigenvalue weighted by Gasteiger charge is 2.26. The fourth-order valence-corrected chi connectivity index (χ4v) is 3.76. The molecule has 2 saturated heterocycles. The van der Waals surface area contributed by atoms with Crippen molar-refractivity contribution >= 4 is 0 Å². The van der Waals surface area contributed by atoms with E-state index < -0.39 is 6.61 Å². The van der Waals surface area contributed by atoms with Crippen LogP contribution in [0.1, 0.15) is 37.7 Å². The van der Waals surface area contributed by atoms with Gasteiger partial charge in [-0.3, -0.25) is 4.90 Å². The molecule has 1 unspecified atom stereocenters. The van der Waals surface area contributed by atoms with Crippen molar-refractivity contribution in [2.24, 2.45) is 0 Å². The second-order valence-electron chi connectivity index (χ2n) is 6.65. The first-order valence-electron chi connectivity index (χ1n) is 8.71. The van der Waals surface area contributed by atoms with Crippen LogP contribution in [0.2, 0.25) is 0 Å². The summed E-state index contributed by atoms with van der Waals surface area (Å²) < 4.78 is 28.8. The van der Waals surface area contributed by atoms with Gasteiger partial charge in [-0.15, -0.1) is 0 Å². The molecule has 1 aromatic carbocycles. The Morgan fingerprint density at radius 1 is 1.00 bits per heavy atom. The SMILES string of the molecule is FC(F)Oc1ccc(CN2CCCC2CN2CCCCC2)cc1. The second-order valence-corrected chi connectivity index (χ2v) is 6.65. The minimum absolute atomic E-state index is 0.232. The number of halogens is 2. The van der Waals surface area contributed by atoms with Crippen molar-refractivity contribution in [3.63, 3.8) is 0 Å². The molecule has 128 valence electrons. The van der Waals surface area contributed by atoms with E-state index in [1.165, 1.54) is 51.7 Å². The summed E-state index contributed by atoms with van der Waals surface area (Å²) in [5, 5.41) is 0. The highest BCUT2D eigenvalue weighted by molar-refractivity contribution is 5.27. The van der Waals surface area contributed by atoms with Crippen LogP contribution in [0.25, 0.3) is 0 Å². The zero-order chi connectivity index (χ0) is 16.1. The Hall–Kier alpha value is -1.20. The Bertz CT molecular complexity index is 474. The van der Waals surface area contributed by atoms with Crippen LogP contribution in [0.15, 0.2) is 24.3 Å². The molecule has 5 heteroatoms. The first-order chi connectivity index (χ1) is 11.2. The van der Waals surface area contributed by atoms with Crippen LogP contribution in [-0.2, 0) is 6.54 Å². The molecule has 2 aliphatic rings. The van der Waals surface area contributed by atoms with Gasteiger partial charge in [0, 0.05) is 19.1 Å². The Labute approximate surface area is 137 Å². The minimum Gasteiger partial charge on any atom is -0.435 e. The van der Waals surface area contributed by atoms with Crippen LogP contribution < -0.4 is 4.74 Å². The van der Waals surface area contributed by atoms with Gasteiger partial charge in [0.1, 0.15) is 5.75 Å². The number of likely N-dealkylation sites (tertiary alicyclic amines) is 2. The van der Waals surface area contributed by atoms with Gasteiger partial charge in [-0.05, 0) is 63.0 Å². The summed E-state index contributed by atoms with van der Waals surface area (Å²) in [6, 6.07) is 7.70. The lowest BCUT2D eigenvalue weighted by atomic mass is 10.1. The molecule has 3 rings (SSSR count). The van der Waals surface area contributed by atoms with Crippen molar-refractivity contribution in [1.82, 2.24) is 9.80 Å². The molecule has 0 aliphatic carbocycles. The van der Waals surface area contributed by atoms with Crippen LogP contribution in [-0.4, -0.2) is 48.6 Å². The van der Waals surface area contributed by atoms with Gasteiger partial charge in [0.25, 0.3) is 0 Å². The number of nitrogens with zero attached hydrogens (tertiary/aromatic N) is 2. The normalized spacial score (nSPS) is 23.5. The molecule has 23 heavy (non-hydrogen) atoms. The van der Waals surface area contributed by atoms with E-state index in [1.807, 2.05) is 12.1 Å². The zero-order valence-corrected chi connectivity index (χ0v) is 13.6. The molecule has 0 aromatic heterocycles. The third-order valence-electron chi connectivity index (χ3n) is 4.95. The van der Waals surface area contributed by atoms with E-state index in [0.717, 1.165) is 18.7 Å².